The van der Waals surface area contributed by atoms with Crippen molar-refractivity contribution >= 4 is 12.2 Å². The van der Waals surface area contributed by atoms with Gasteiger partial charge in [0, 0.05) is 60.3 Å². The first-order valence-corrected chi connectivity index (χ1v) is 7.89. The summed E-state index contributed by atoms with van der Waals surface area (Å²) in [6, 6.07) is 0. The molecule has 0 spiro atoms. The lowest BCUT2D eigenvalue weighted by atomic mass is 10.1. The minimum Gasteiger partial charge on any atom is -0.383 e. The lowest BCUT2D eigenvalue weighted by Gasteiger charge is -2.12. The van der Waals surface area contributed by atoms with Gasteiger partial charge in [-0.3, -0.25) is 18.7 Å². The Morgan fingerprint density at radius 1 is 0.875 bits per heavy atom. The van der Waals surface area contributed by atoms with Crippen molar-refractivity contribution in [2.45, 2.75) is 12.8 Å². The molecule has 0 unspecified atom stereocenters. The van der Waals surface area contributed by atoms with E-state index in [1.807, 2.05) is 50.4 Å². The maximum absolute atomic E-state index is 12.8. The van der Waals surface area contributed by atoms with Crippen molar-refractivity contribution in [2.24, 2.45) is 14.1 Å². The molecule has 0 amide bonds. The number of rotatable bonds is 2. The SMILES string of the molecule is C=c1n(C)c(=O)c(=C2/C(=C/N(C)C)CC/C2=C\N(C)C)c(=O)n1C. The van der Waals surface area contributed by atoms with E-state index in [4.69, 9.17) is 0 Å². The molecule has 130 valence electrons. The molecular formula is C18H26N4O2. The molecule has 1 heterocycles. The van der Waals surface area contributed by atoms with Crippen molar-refractivity contribution in [1.29, 1.82) is 0 Å². The topological polar surface area (TPSA) is 50.5 Å². The second-order valence-corrected chi connectivity index (χ2v) is 6.63. The zero-order chi connectivity index (χ0) is 18.2. The Kier molecular flexibility index (Phi) is 4.87. The number of allylic oxidation sites excluding steroid dienone is 2. The summed E-state index contributed by atoms with van der Waals surface area (Å²) in [5.41, 5.74) is 2.59. The van der Waals surface area contributed by atoms with Crippen LogP contribution in [0.15, 0.2) is 33.1 Å². The number of hydrogen-bond donors (Lipinski definition) is 0. The Hall–Kier alpha value is -2.50. The Bertz CT molecular complexity index is 872. The highest BCUT2D eigenvalue weighted by atomic mass is 16.1. The summed E-state index contributed by atoms with van der Waals surface area (Å²) < 4.78 is 2.87. The molecule has 0 saturated heterocycles. The van der Waals surface area contributed by atoms with Gasteiger partial charge in [0.25, 0.3) is 11.1 Å². The van der Waals surface area contributed by atoms with E-state index in [0.29, 0.717) is 5.48 Å². The van der Waals surface area contributed by atoms with Gasteiger partial charge in [0.15, 0.2) is 0 Å². The smallest absolute Gasteiger partial charge is 0.265 e. The fourth-order valence-electron chi connectivity index (χ4n) is 3.03. The largest absolute Gasteiger partial charge is 0.383 e. The Morgan fingerprint density at radius 3 is 1.58 bits per heavy atom. The zero-order valence-corrected chi connectivity index (χ0v) is 15.4. The Balaban J connectivity index is 3.06. The van der Waals surface area contributed by atoms with E-state index in [1.165, 1.54) is 9.13 Å². The highest BCUT2D eigenvalue weighted by molar-refractivity contribution is 5.80. The van der Waals surface area contributed by atoms with E-state index in [0.717, 1.165) is 29.6 Å². The summed E-state index contributed by atoms with van der Waals surface area (Å²) >= 11 is 0. The van der Waals surface area contributed by atoms with Crippen LogP contribution in [0.4, 0.5) is 0 Å². The van der Waals surface area contributed by atoms with Crippen LogP contribution >= 0.6 is 0 Å². The van der Waals surface area contributed by atoms with Crippen LogP contribution in [-0.2, 0) is 14.1 Å². The van der Waals surface area contributed by atoms with E-state index < -0.39 is 0 Å². The molecule has 6 nitrogen and oxygen atoms in total. The van der Waals surface area contributed by atoms with Crippen LogP contribution in [0, 0.1) is 0 Å². The fourth-order valence-corrected chi connectivity index (χ4v) is 3.03. The summed E-state index contributed by atoms with van der Waals surface area (Å²) in [4.78, 5) is 29.5. The van der Waals surface area contributed by atoms with E-state index in [1.54, 1.807) is 14.1 Å². The molecule has 1 saturated carbocycles. The molecule has 24 heavy (non-hydrogen) atoms. The normalized spacial score (nSPS) is 17.8. The van der Waals surface area contributed by atoms with Gasteiger partial charge in [-0.2, -0.15) is 0 Å². The van der Waals surface area contributed by atoms with Crippen LogP contribution in [0.25, 0.3) is 12.2 Å². The summed E-state index contributed by atoms with van der Waals surface area (Å²) in [5.74, 6) is 0. The van der Waals surface area contributed by atoms with E-state index in [9.17, 15) is 9.59 Å². The molecule has 2 rings (SSSR count). The fraction of sp³-hybridized carbons (Fsp3) is 0.444. The predicted octanol–water partition coefficient (Wildman–Crippen LogP) is -0.670. The molecule has 0 bridgehead atoms. The lowest BCUT2D eigenvalue weighted by Crippen LogP contribution is -2.57. The second-order valence-electron chi connectivity index (χ2n) is 6.63. The average molecular weight is 330 g/mol. The van der Waals surface area contributed by atoms with Crippen LogP contribution in [0.5, 0.6) is 0 Å². The van der Waals surface area contributed by atoms with Crippen molar-refractivity contribution in [1.82, 2.24) is 18.9 Å². The third kappa shape index (κ3) is 3.09. The molecule has 0 aliphatic heterocycles. The summed E-state index contributed by atoms with van der Waals surface area (Å²) in [7, 11) is 11.0. The molecular weight excluding hydrogens is 304 g/mol. The lowest BCUT2D eigenvalue weighted by molar-refractivity contribution is 0.558. The van der Waals surface area contributed by atoms with Gasteiger partial charge in [0.2, 0.25) is 0 Å². The molecule has 0 aromatic carbocycles. The molecule has 1 aromatic heterocycles. The highest BCUT2D eigenvalue weighted by Crippen LogP contribution is 2.35. The summed E-state index contributed by atoms with van der Waals surface area (Å²) in [6.45, 7) is 3.81. The van der Waals surface area contributed by atoms with Crippen LogP contribution in [0.3, 0.4) is 0 Å². The van der Waals surface area contributed by atoms with Crippen molar-refractivity contribution < 1.29 is 0 Å². The predicted molar refractivity (Wildman–Crippen MR) is 97.9 cm³/mol. The first-order chi connectivity index (χ1) is 11.1. The van der Waals surface area contributed by atoms with Gasteiger partial charge in [-0.15, -0.1) is 0 Å². The van der Waals surface area contributed by atoms with Crippen molar-refractivity contribution in [3.8, 4) is 0 Å². The van der Waals surface area contributed by atoms with E-state index in [2.05, 4.69) is 6.58 Å². The first kappa shape index (κ1) is 17.8. The van der Waals surface area contributed by atoms with Gasteiger partial charge in [-0.25, -0.2) is 0 Å². The number of nitrogens with zero attached hydrogens (tertiary/aromatic N) is 4. The maximum Gasteiger partial charge on any atom is 0.265 e. The molecule has 6 heteroatoms. The second kappa shape index (κ2) is 6.55. The number of aromatic nitrogens is 2. The van der Waals surface area contributed by atoms with E-state index >= 15 is 0 Å². The highest BCUT2D eigenvalue weighted by Gasteiger charge is 2.24. The first-order valence-electron chi connectivity index (χ1n) is 7.89. The number of hydrogen-bond acceptors (Lipinski definition) is 4. The van der Waals surface area contributed by atoms with Gasteiger partial charge in [0.1, 0.15) is 10.7 Å². The minimum absolute atomic E-state index is 0.228. The minimum atomic E-state index is -0.297. The van der Waals surface area contributed by atoms with Crippen LogP contribution < -0.4 is 21.8 Å². The summed E-state index contributed by atoms with van der Waals surface area (Å²) in [5, 5.41) is 0.228. The van der Waals surface area contributed by atoms with Crippen molar-refractivity contribution in [3.05, 3.63) is 55.0 Å². The summed E-state index contributed by atoms with van der Waals surface area (Å²) in [6.07, 6.45) is 5.60. The monoisotopic (exact) mass is 330 g/mol. The van der Waals surface area contributed by atoms with Crippen LogP contribution in [-0.4, -0.2) is 47.1 Å². The molecule has 0 atom stereocenters. The van der Waals surface area contributed by atoms with Gasteiger partial charge >= 0.3 is 0 Å². The standard InChI is InChI=1S/C18H26N4O2/c1-12-21(6)17(23)16(18(24)22(12)7)15-13(10-19(2)3)8-9-14(15)11-20(4)5/h10-11H,1,8-9H2,2-7H3/b13-10+,14-11+. The van der Waals surface area contributed by atoms with E-state index in [-0.39, 0.29) is 16.3 Å². The molecule has 1 aromatic rings. The van der Waals surface area contributed by atoms with Gasteiger partial charge in [-0.05, 0) is 24.0 Å². The van der Waals surface area contributed by atoms with Gasteiger partial charge < -0.3 is 9.80 Å². The third-order valence-electron chi connectivity index (χ3n) is 4.20. The Labute approximate surface area is 141 Å². The third-order valence-corrected chi connectivity index (χ3v) is 4.20. The van der Waals surface area contributed by atoms with Crippen LogP contribution in [0.2, 0.25) is 0 Å². The molecule has 1 aliphatic carbocycles. The molecule has 1 aliphatic rings. The molecule has 0 radical (unpaired) electrons. The maximum atomic E-state index is 12.8. The molecule has 0 N–H and O–H groups in total. The molecule has 1 fully saturated rings. The zero-order valence-electron chi connectivity index (χ0n) is 15.4. The van der Waals surface area contributed by atoms with Crippen molar-refractivity contribution in [3.63, 3.8) is 0 Å². The van der Waals surface area contributed by atoms with Gasteiger partial charge in [0.05, 0.1) is 0 Å². The van der Waals surface area contributed by atoms with Crippen molar-refractivity contribution in [2.75, 3.05) is 28.2 Å². The van der Waals surface area contributed by atoms with Gasteiger partial charge in [-0.1, -0.05) is 6.58 Å². The van der Waals surface area contributed by atoms with Crippen LogP contribution in [0.1, 0.15) is 12.8 Å². The quantitative estimate of drug-likeness (QED) is 0.722. The average Bonchev–Trinajstić information content (AvgIpc) is 2.85. The Morgan fingerprint density at radius 2 is 1.25 bits per heavy atom.